The minimum Gasteiger partial charge on any atom is -0.512 e. The Balaban J connectivity index is 1.20. The molecule has 4 N–H and O–H groups in total. The molecule has 3 aliphatic carbocycles. The number of allylic oxidation sites excluding steroid dienone is 7. The van der Waals surface area contributed by atoms with Crippen LogP contribution in [0.25, 0.3) is 0 Å². The van der Waals surface area contributed by atoms with E-state index in [2.05, 4.69) is 34.6 Å². The molecule has 1 saturated heterocycles. The highest BCUT2D eigenvalue weighted by Gasteiger charge is 2.61. The van der Waals surface area contributed by atoms with E-state index in [1.54, 1.807) is 12.2 Å². The van der Waals surface area contributed by atoms with Crippen molar-refractivity contribution in [3.05, 3.63) is 83.2 Å². The lowest BCUT2D eigenvalue weighted by Gasteiger charge is -2.49. The van der Waals surface area contributed by atoms with Crippen LogP contribution in [0.5, 0.6) is 0 Å². The average molecular weight is 600 g/mol. The lowest BCUT2D eigenvalue weighted by atomic mass is 9.57. The molecule has 0 saturated carbocycles. The molecule has 1 aromatic carbocycles. The van der Waals surface area contributed by atoms with Crippen molar-refractivity contribution >= 4 is 5.91 Å². The number of carbonyl (C=O) groups is 1. The van der Waals surface area contributed by atoms with Gasteiger partial charge < -0.3 is 20.4 Å². The molecule has 1 amide bonds. The largest absolute Gasteiger partial charge is 0.512 e. The van der Waals surface area contributed by atoms with Gasteiger partial charge in [0, 0.05) is 47.9 Å². The van der Waals surface area contributed by atoms with Gasteiger partial charge in [0.25, 0.3) is 0 Å². The molecular formula is C34H44F3N3O3. The smallest absolute Gasteiger partial charge is 0.401 e. The highest BCUT2D eigenvalue weighted by Crippen LogP contribution is 2.64. The summed E-state index contributed by atoms with van der Waals surface area (Å²) in [6, 6.07) is 7.98. The number of benzene rings is 1. The van der Waals surface area contributed by atoms with Crippen molar-refractivity contribution in [2.24, 2.45) is 11.3 Å². The zero-order valence-electron chi connectivity index (χ0n) is 25.0. The van der Waals surface area contributed by atoms with Gasteiger partial charge >= 0.3 is 6.18 Å². The first-order chi connectivity index (χ1) is 20.4. The highest BCUT2D eigenvalue weighted by atomic mass is 19.4. The molecule has 6 nitrogen and oxygen atoms in total. The number of fused-ring (bicyclic) bond motifs is 3. The maximum atomic E-state index is 13.2. The fourth-order valence-corrected chi connectivity index (χ4v) is 7.87. The summed E-state index contributed by atoms with van der Waals surface area (Å²) in [5.74, 6) is 0.195. The maximum Gasteiger partial charge on any atom is 0.401 e. The molecule has 1 aliphatic heterocycles. The number of nitrogens with zero attached hydrogens (tertiary/aromatic N) is 1. The Morgan fingerprint density at radius 1 is 1.14 bits per heavy atom. The van der Waals surface area contributed by atoms with Crippen LogP contribution in [0, 0.1) is 11.3 Å². The molecule has 1 heterocycles. The number of carbonyl (C=O) groups excluding carboxylic acids is 1. The lowest BCUT2D eigenvalue weighted by molar-refractivity contribution is -0.137. The third kappa shape index (κ3) is 6.35. The van der Waals surface area contributed by atoms with Gasteiger partial charge in [0.1, 0.15) is 6.23 Å². The predicted molar refractivity (Wildman–Crippen MR) is 161 cm³/mol. The lowest BCUT2D eigenvalue weighted by Crippen LogP contribution is -2.57. The second-order valence-electron chi connectivity index (χ2n) is 12.9. The molecule has 0 bridgehead atoms. The number of rotatable bonds is 10. The monoisotopic (exact) mass is 599 g/mol. The summed E-state index contributed by atoms with van der Waals surface area (Å²) in [5, 5.41) is 26.9. The number of hydrogen-bond donors (Lipinski definition) is 4. The molecule has 5 unspecified atom stereocenters. The van der Waals surface area contributed by atoms with E-state index in [9.17, 15) is 28.2 Å². The summed E-state index contributed by atoms with van der Waals surface area (Å²) < 4.78 is 39.7. The number of amides is 1. The van der Waals surface area contributed by atoms with Gasteiger partial charge in [-0.3, -0.25) is 10.1 Å². The number of halogens is 3. The van der Waals surface area contributed by atoms with Crippen molar-refractivity contribution in [2.75, 3.05) is 26.2 Å². The molecular weight excluding hydrogens is 555 g/mol. The summed E-state index contributed by atoms with van der Waals surface area (Å²) in [6.07, 6.45) is 9.93. The van der Waals surface area contributed by atoms with E-state index >= 15 is 0 Å². The molecule has 43 heavy (non-hydrogen) atoms. The van der Waals surface area contributed by atoms with Crippen molar-refractivity contribution in [2.45, 2.75) is 82.2 Å². The summed E-state index contributed by atoms with van der Waals surface area (Å²) in [7, 11) is 0. The number of piperidine rings is 1. The number of alkyl halides is 3. The Kier molecular flexibility index (Phi) is 9.26. The average Bonchev–Trinajstić information content (AvgIpc) is 3.19. The van der Waals surface area contributed by atoms with Crippen LogP contribution in [-0.2, 0) is 10.2 Å². The molecule has 4 aliphatic rings. The molecule has 0 spiro atoms. The van der Waals surface area contributed by atoms with Gasteiger partial charge in [-0.05, 0) is 61.4 Å². The van der Waals surface area contributed by atoms with Gasteiger partial charge in [-0.2, -0.15) is 13.2 Å². The van der Waals surface area contributed by atoms with E-state index in [1.165, 1.54) is 0 Å². The van der Waals surface area contributed by atoms with Crippen molar-refractivity contribution < 1.29 is 28.2 Å². The SMILES string of the molecule is CC1CC(O)=CC=C1C(=O)NC1CCN(CCCCC2(C(O)NCC(F)(F)F)c3ccccc3C3C=CC=CC32C)CC1. The van der Waals surface area contributed by atoms with Crippen molar-refractivity contribution in [1.29, 1.82) is 0 Å². The van der Waals surface area contributed by atoms with E-state index in [0.717, 1.165) is 56.4 Å². The Hall–Kier alpha value is -2.88. The number of aliphatic hydroxyl groups is 2. The summed E-state index contributed by atoms with van der Waals surface area (Å²) in [6.45, 7) is 5.33. The van der Waals surface area contributed by atoms with Crippen LogP contribution >= 0.6 is 0 Å². The Bertz CT molecular complexity index is 1300. The third-order valence-electron chi connectivity index (χ3n) is 10.2. The molecule has 9 heteroatoms. The number of aliphatic hydroxyl groups excluding tert-OH is 2. The Morgan fingerprint density at radius 3 is 2.60 bits per heavy atom. The van der Waals surface area contributed by atoms with Crippen molar-refractivity contribution in [3.8, 4) is 0 Å². The molecule has 1 fully saturated rings. The maximum absolute atomic E-state index is 13.2. The van der Waals surface area contributed by atoms with E-state index in [1.807, 2.05) is 43.3 Å². The summed E-state index contributed by atoms with van der Waals surface area (Å²) in [4.78, 5) is 15.2. The van der Waals surface area contributed by atoms with Gasteiger partial charge in [-0.25, -0.2) is 0 Å². The highest BCUT2D eigenvalue weighted by molar-refractivity contribution is 5.94. The van der Waals surface area contributed by atoms with Gasteiger partial charge in [0.05, 0.1) is 12.3 Å². The first-order valence-corrected chi connectivity index (χ1v) is 15.5. The third-order valence-corrected chi connectivity index (χ3v) is 10.2. The van der Waals surface area contributed by atoms with E-state index in [-0.39, 0.29) is 23.8 Å². The molecule has 5 atom stereocenters. The van der Waals surface area contributed by atoms with Crippen molar-refractivity contribution in [1.82, 2.24) is 15.5 Å². The fraction of sp³-hybridized carbons (Fsp3) is 0.559. The molecule has 0 aromatic heterocycles. The van der Waals surface area contributed by atoms with Crippen LogP contribution in [0.4, 0.5) is 13.2 Å². The zero-order valence-corrected chi connectivity index (χ0v) is 25.0. The fourth-order valence-electron chi connectivity index (χ4n) is 7.87. The van der Waals surface area contributed by atoms with Crippen LogP contribution in [0.1, 0.15) is 69.4 Å². The van der Waals surface area contributed by atoms with Gasteiger partial charge in [0.2, 0.25) is 5.91 Å². The quantitative estimate of drug-likeness (QED) is 0.202. The van der Waals surface area contributed by atoms with Crippen LogP contribution in [-0.4, -0.2) is 65.6 Å². The number of likely N-dealkylation sites (tertiary alicyclic amines) is 1. The van der Waals surface area contributed by atoms with Crippen molar-refractivity contribution in [3.63, 3.8) is 0 Å². The molecule has 5 rings (SSSR count). The first-order valence-electron chi connectivity index (χ1n) is 15.5. The number of nitrogens with one attached hydrogen (secondary N) is 2. The Labute approximate surface area is 252 Å². The summed E-state index contributed by atoms with van der Waals surface area (Å²) >= 11 is 0. The van der Waals surface area contributed by atoms with E-state index in [4.69, 9.17) is 0 Å². The topological polar surface area (TPSA) is 84.8 Å². The first kappa shape index (κ1) is 31.5. The standard InChI is InChI=1S/C34H44F3N3O3/c1-23-21-25(41)12-13-26(23)30(42)39-24-14-19-40(20-15-24)18-8-7-17-33(31(43)38-22-34(35,36)37)29-11-4-3-9-27(29)28-10-5-6-16-32(28,33)2/h3-6,9-13,16,23-24,28,31,38,41,43H,7-8,14-15,17-22H2,1-2H3,(H,39,42). The summed E-state index contributed by atoms with van der Waals surface area (Å²) in [5.41, 5.74) is 1.18. The van der Waals surface area contributed by atoms with Crippen LogP contribution in [0.2, 0.25) is 0 Å². The number of hydrogen-bond acceptors (Lipinski definition) is 5. The predicted octanol–water partition coefficient (Wildman–Crippen LogP) is 5.78. The minimum atomic E-state index is -4.43. The second-order valence-corrected chi connectivity index (χ2v) is 12.9. The molecule has 0 radical (unpaired) electrons. The minimum absolute atomic E-state index is 0.0138. The van der Waals surface area contributed by atoms with Crippen LogP contribution in [0.15, 0.2) is 72.1 Å². The van der Waals surface area contributed by atoms with Crippen LogP contribution < -0.4 is 10.6 Å². The van der Waals surface area contributed by atoms with Gasteiger partial charge in [-0.15, -0.1) is 0 Å². The second kappa shape index (κ2) is 12.6. The molecule has 1 aromatic rings. The van der Waals surface area contributed by atoms with E-state index < -0.39 is 29.8 Å². The normalized spacial score (nSPS) is 29.9. The Morgan fingerprint density at radius 2 is 1.88 bits per heavy atom. The zero-order chi connectivity index (χ0) is 30.8. The van der Waals surface area contributed by atoms with Gasteiger partial charge in [-0.1, -0.05) is 68.8 Å². The van der Waals surface area contributed by atoms with Gasteiger partial charge in [0.15, 0.2) is 0 Å². The number of unbranched alkanes of at least 4 members (excludes halogenated alkanes) is 1. The molecule has 234 valence electrons. The van der Waals surface area contributed by atoms with Crippen LogP contribution in [0.3, 0.4) is 0 Å². The van der Waals surface area contributed by atoms with E-state index in [0.29, 0.717) is 24.2 Å².